The summed E-state index contributed by atoms with van der Waals surface area (Å²) >= 11 is 1.88. The summed E-state index contributed by atoms with van der Waals surface area (Å²) in [5.74, 6) is 3.19. The van der Waals surface area contributed by atoms with Gasteiger partial charge >= 0.3 is 6.01 Å². The lowest BCUT2D eigenvalue weighted by molar-refractivity contribution is 0.379. The molecular weight excluding hydrogens is 250 g/mol. The molecule has 1 atom stereocenters. The molecule has 1 unspecified atom stereocenters. The highest BCUT2D eigenvalue weighted by molar-refractivity contribution is 7.99. The Kier molecular flexibility index (Phi) is 6.56. The minimum atomic E-state index is 0.302. The molecule has 0 saturated carbocycles. The van der Waals surface area contributed by atoms with Crippen LogP contribution in [0.5, 0.6) is 6.01 Å². The summed E-state index contributed by atoms with van der Waals surface area (Å²) in [5, 5.41) is 6.30. The number of methoxy groups -OCH3 is 1. The summed E-state index contributed by atoms with van der Waals surface area (Å²) in [6.45, 7) is 7.00. The molecule has 7 heteroatoms. The lowest BCUT2D eigenvalue weighted by atomic mass is 10.4. The van der Waals surface area contributed by atoms with Gasteiger partial charge in [0.1, 0.15) is 0 Å². The van der Waals surface area contributed by atoms with Crippen LogP contribution in [0, 0.1) is 0 Å². The molecule has 0 aromatic carbocycles. The van der Waals surface area contributed by atoms with Crippen molar-refractivity contribution in [2.45, 2.75) is 26.8 Å². The predicted octanol–water partition coefficient (Wildman–Crippen LogP) is 1.87. The van der Waals surface area contributed by atoms with Crippen LogP contribution in [0.3, 0.4) is 0 Å². The van der Waals surface area contributed by atoms with Crippen molar-refractivity contribution in [3.8, 4) is 6.01 Å². The van der Waals surface area contributed by atoms with Gasteiger partial charge in [0.25, 0.3) is 0 Å². The van der Waals surface area contributed by atoms with E-state index in [9.17, 15) is 0 Å². The van der Waals surface area contributed by atoms with Gasteiger partial charge < -0.3 is 15.4 Å². The smallest absolute Gasteiger partial charge is 0.322 e. The number of nitrogens with zero attached hydrogens (tertiary/aromatic N) is 3. The highest BCUT2D eigenvalue weighted by Crippen LogP contribution is 2.12. The van der Waals surface area contributed by atoms with Crippen molar-refractivity contribution < 1.29 is 4.74 Å². The molecule has 0 fully saturated rings. The third kappa shape index (κ3) is 4.95. The van der Waals surface area contributed by atoms with E-state index in [2.05, 4.69) is 39.4 Å². The number of rotatable bonds is 8. The molecule has 1 aromatic rings. The molecule has 0 aliphatic rings. The molecule has 2 N–H and O–H groups in total. The fourth-order valence-electron chi connectivity index (χ4n) is 1.31. The van der Waals surface area contributed by atoms with E-state index in [1.807, 2.05) is 18.7 Å². The number of hydrogen-bond acceptors (Lipinski definition) is 7. The number of hydrogen-bond donors (Lipinski definition) is 2. The molecular formula is C11H21N5OS. The van der Waals surface area contributed by atoms with Gasteiger partial charge in [0.15, 0.2) is 0 Å². The number of ether oxygens (including phenoxy) is 1. The van der Waals surface area contributed by atoms with Crippen LogP contribution in [0.1, 0.15) is 20.8 Å². The first-order valence-electron chi connectivity index (χ1n) is 6.07. The molecule has 6 nitrogen and oxygen atoms in total. The lowest BCUT2D eigenvalue weighted by Crippen LogP contribution is -2.20. The fourth-order valence-corrected chi connectivity index (χ4v) is 1.98. The zero-order valence-corrected chi connectivity index (χ0v) is 12.2. The highest BCUT2D eigenvalue weighted by Gasteiger charge is 2.08. The summed E-state index contributed by atoms with van der Waals surface area (Å²) in [4.78, 5) is 12.6. The van der Waals surface area contributed by atoms with Crippen molar-refractivity contribution in [3.63, 3.8) is 0 Å². The Morgan fingerprint density at radius 3 is 2.56 bits per heavy atom. The lowest BCUT2D eigenvalue weighted by Gasteiger charge is -2.14. The molecule has 1 heterocycles. The quantitative estimate of drug-likeness (QED) is 0.747. The van der Waals surface area contributed by atoms with Gasteiger partial charge in [-0.25, -0.2) is 0 Å². The van der Waals surface area contributed by atoms with Crippen LogP contribution in [-0.4, -0.2) is 46.2 Å². The van der Waals surface area contributed by atoms with E-state index in [-0.39, 0.29) is 0 Å². The number of nitrogens with one attached hydrogen (secondary N) is 2. The largest absolute Gasteiger partial charge is 0.467 e. The fraction of sp³-hybridized carbons (Fsp3) is 0.727. The van der Waals surface area contributed by atoms with Gasteiger partial charge in [-0.3, -0.25) is 0 Å². The van der Waals surface area contributed by atoms with E-state index < -0.39 is 0 Å². The van der Waals surface area contributed by atoms with Crippen molar-refractivity contribution in [3.05, 3.63) is 0 Å². The van der Waals surface area contributed by atoms with Crippen LogP contribution in [0.2, 0.25) is 0 Å². The van der Waals surface area contributed by atoms with E-state index in [4.69, 9.17) is 4.74 Å². The van der Waals surface area contributed by atoms with Crippen molar-refractivity contribution >= 4 is 23.7 Å². The molecule has 0 spiro atoms. The Hall–Kier alpha value is -1.24. The van der Waals surface area contributed by atoms with Crippen molar-refractivity contribution in [1.82, 2.24) is 15.0 Å². The standard InChI is InChI=1S/C11H21N5OS/c1-5-12-9-14-10(16-11(15-9)17-4)13-8(3)7-18-6-2/h8H,5-7H2,1-4H3,(H2,12,13,14,15,16). The van der Waals surface area contributed by atoms with E-state index in [1.165, 1.54) is 0 Å². The molecule has 0 saturated heterocycles. The minimum Gasteiger partial charge on any atom is -0.467 e. The SMILES string of the molecule is CCNc1nc(NC(C)CSCC)nc(OC)n1. The minimum absolute atomic E-state index is 0.302. The first kappa shape index (κ1) is 14.8. The predicted molar refractivity (Wildman–Crippen MR) is 76.6 cm³/mol. The molecule has 1 aromatic heterocycles. The molecule has 1 rings (SSSR count). The molecule has 0 bridgehead atoms. The second-order valence-corrected chi connectivity index (χ2v) is 5.02. The van der Waals surface area contributed by atoms with Gasteiger partial charge in [0.05, 0.1) is 7.11 Å². The summed E-state index contributed by atoms with van der Waals surface area (Å²) in [6, 6.07) is 0.621. The van der Waals surface area contributed by atoms with Gasteiger partial charge in [-0.1, -0.05) is 6.92 Å². The van der Waals surface area contributed by atoms with Gasteiger partial charge in [-0.15, -0.1) is 0 Å². The van der Waals surface area contributed by atoms with Gasteiger partial charge in [0.2, 0.25) is 11.9 Å². The van der Waals surface area contributed by atoms with E-state index in [0.717, 1.165) is 18.1 Å². The third-order valence-electron chi connectivity index (χ3n) is 2.08. The zero-order valence-electron chi connectivity index (χ0n) is 11.4. The monoisotopic (exact) mass is 271 g/mol. The van der Waals surface area contributed by atoms with Gasteiger partial charge in [0, 0.05) is 18.3 Å². The summed E-state index contributed by atoms with van der Waals surface area (Å²) in [6.07, 6.45) is 0. The second kappa shape index (κ2) is 7.97. The van der Waals surface area contributed by atoms with Gasteiger partial charge in [-0.05, 0) is 19.6 Å². The summed E-state index contributed by atoms with van der Waals surface area (Å²) < 4.78 is 5.06. The summed E-state index contributed by atoms with van der Waals surface area (Å²) in [5.41, 5.74) is 0. The van der Waals surface area contributed by atoms with Crippen LogP contribution in [0.25, 0.3) is 0 Å². The molecule has 0 aliphatic heterocycles. The molecule has 0 amide bonds. The van der Waals surface area contributed by atoms with Crippen molar-refractivity contribution in [2.24, 2.45) is 0 Å². The average Bonchev–Trinajstić information content (AvgIpc) is 2.36. The Balaban J connectivity index is 2.71. The molecule has 0 radical (unpaired) electrons. The van der Waals surface area contributed by atoms with E-state index >= 15 is 0 Å². The third-order valence-corrected chi connectivity index (χ3v) is 3.22. The summed E-state index contributed by atoms with van der Waals surface area (Å²) in [7, 11) is 1.55. The molecule has 18 heavy (non-hydrogen) atoms. The number of thioether (sulfide) groups is 1. The maximum atomic E-state index is 5.06. The van der Waals surface area contributed by atoms with Gasteiger partial charge in [-0.2, -0.15) is 26.7 Å². The normalized spacial score (nSPS) is 12.0. The Labute approximate surface area is 112 Å². The van der Waals surface area contributed by atoms with E-state index in [0.29, 0.717) is 23.9 Å². The van der Waals surface area contributed by atoms with Crippen LogP contribution < -0.4 is 15.4 Å². The van der Waals surface area contributed by atoms with Crippen LogP contribution in [0.4, 0.5) is 11.9 Å². The Morgan fingerprint density at radius 2 is 1.94 bits per heavy atom. The van der Waals surface area contributed by atoms with Crippen molar-refractivity contribution in [1.29, 1.82) is 0 Å². The zero-order chi connectivity index (χ0) is 13.4. The maximum Gasteiger partial charge on any atom is 0.322 e. The number of anilines is 2. The van der Waals surface area contributed by atoms with Crippen LogP contribution in [0.15, 0.2) is 0 Å². The molecule has 0 aliphatic carbocycles. The average molecular weight is 271 g/mol. The van der Waals surface area contributed by atoms with E-state index in [1.54, 1.807) is 7.11 Å². The number of aromatic nitrogens is 3. The maximum absolute atomic E-state index is 5.06. The Morgan fingerprint density at radius 1 is 1.22 bits per heavy atom. The topological polar surface area (TPSA) is 72.0 Å². The second-order valence-electron chi connectivity index (χ2n) is 3.70. The molecule has 102 valence electrons. The van der Waals surface area contributed by atoms with Crippen LogP contribution in [-0.2, 0) is 0 Å². The highest BCUT2D eigenvalue weighted by atomic mass is 32.2. The first-order valence-corrected chi connectivity index (χ1v) is 7.23. The van der Waals surface area contributed by atoms with Crippen LogP contribution >= 0.6 is 11.8 Å². The first-order chi connectivity index (χ1) is 8.69. The van der Waals surface area contributed by atoms with Crippen molar-refractivity contribution in [2.75, 3.05) is 35.8 Å². The Bertz CT molecular complexity index is 363.